The van der Waals surface area contributed by atoms with E-state index in [2.05, 4.69) is 20.8 Å². The Bertz CT molecular complexity index is 57.3. The van der Waals surface area contributed by atoms with Crippen molar-refractivity contribution in [3.63, 3.8) is 0 Å². The normalized spacial score (nSPS) is 9.00. The first-order valence-corrected chi connectivity index (χ1v) is 6.22. The van der Waals surface area contributed by atoms with Crippen LogP contribution in [0.4, 0.5) is 0 Å². The van der Waals surface area contributed by atoms with Crippen LogP contribution < -0.4 is 0 Å². The maximum absolute atomic E-state index is 2.30. The second-order valence-corrected chi connectivity index (χ2v) is 5.17. The third-order valence-corrected chi connectivity index (χ3v) is 4.44. The molecule has 0 spiro atoms. The van der Waals surface area contributed by atoms with Crippen molar-refractivity contribution in [3.05, 3.63) is 0 Å². The number of rotatable bonds is 6. The standard InChI is InChI=1S/C9H21S.Ca.H2O/c1-4-7-10(8-5-2)9-6-3;;/h4-9H2,1-3H3;;1H2/q+1;;/p-1. The summed E-state index contributed by atoms with van der Waals surface area (Å²) in [5, 5.41) is 0. The van der Waals surface area contributed by atoms with Crippen LogP contribution in [0.2, 0.25) is 0 Å². The van der Waals surface area contributed by atoms with Crippen molar-refractivity contribution in [2.24, 2.45) is 0 Å². The second kappa shape index (κ2) is 15.1. The zero-order valence-corrected chi connectivity index (χ0v) is 11.8. The minimum Gasteiger partial charge on any atom is -0.870 e. The smallest absolute Gasteiger partial charge is 0.107 e. The van der Waals surface area contributed by atoms with Crippen LogP contribution in [-0.2, 0) is 10.9 Å². The summed E-state index contributed by atoms with van der Waals surface area (Å²) >= 11 is 0. The molecule has 0 rings (SSSR count). The number of hydrogen-bond acceptors (Lipinski definition) is 1. The Morgan fingerprint density at radius 3 is 1.17 bits per heavy atom. The molecule has 12 heavy (non-hydrogen) atoms. The summed E-state index contributed by atoms with van der Waals surface area (Å²) in [6.07, 6.45) is 4.13. The van der Waals surface area contributed by atoms with Crippen LogP contribution in [0.1, 0.15) is 40.0 Å². The maximum atomic E-state index is 2.30. The van der Waals surface area contributed by atoms with E-state index in [0.717, 1.165) is 10.9 Å². The van der Waals surface area contributed by atoms with Gasteiger partial charge in [0, 0.05) is 37.7 Å². The molecule has 0 atom stereocenters. The Morgan fingerprint density at radius 1 is 0.750 bits per heavy atom. The fourth-order valence-corrected chi connectivity index (χ4v) is 3.52. The fourth-order valence-electron chi connectivity index (χ4n) is 1.17. The molecular weight excluding hydrogens is 196 g/mol. The van der Waals surface area contributed by atoms with Crippen molar-refractivity contribution in [2.75, 3.05) is 17.3 Å². The molecule has 0 aromatic rings. The van der Waals surface area contributed by atoms with Crippen LogP contribution in [0, 0.1) is 0 Å². The zero-order valence-electron chi connectivity index (χ0n) is 8.81. The minimum absolute atomic E-state index is 0. The van der Waals surface area contributed by atoms with E-state index in [1.54, 1.807) is 0 Å². The third-order valence-electron chi connectivity index (χ3n) is 1.48. The van der Waals surface area contributed by atoms with Gasteiger partial charge in [-0.1, -0.05) is 20.8 Å². The molecule has 3 heteroatoms. The number of hydrogen-bond donors (Lipinski definition) is 0. The van der Waals surface area contributed by atoms with Gasteiger partial charge in [0.1, 0.15) is 17.3 Å². The molecule has 0 aliphatic rings. The van der Waals surface area contributed by atoms with Crippen LogP contribution in [0.25, 0.3) is 0 Å². The monoisotopic (exact) mass is 218 g/mol. The molecule has 2 radical (unpaired) electrons. The molecule has 0 saturated heterocycles. The van der Waals surface area contributed by atoms with Crippen molar-refractivity contribution >= 4 is 48.6 Å². The van der Waals surface area contributed by atoms with Crippen molar-refractivity contribution < 1.29 is 5.48 Å². The topological polar surface area (TPSA) is 30.0 Å². The summed E-state index contributed by atoms with van der Waals surface area (Å²) in [6, 6.07) is 0. The molecule has 0 heterocycles. The molecule has 72 valence electrons. The Hall–Kier alpha value is 1.57. The summed E-state index contributed by atoms with van der Waals surface area (Å²) in [7, 11) is 0.775. The molecule has 0 aliphatic carbocycles. The van der Waals surface area contributed by atoms with E-state index in [4.69, 9.17) is 0 Å². The molecule has 1 nitrogen and oxygen atoms in total. The SMILES string of the molecule is CCC[S+](CCC)CCC.[Ca].[OH-]. The molecule has 0 unspecified atom stereocenters. The molecule has 0 bridgehead atoms. The predicted molar refractivity (Wildman–Crippen MR) is 60.5 cm³/mol. The van der Waals surface area contributed by atoms with Crippen LogP contribution in [0.15, 0.2) is 0 Å². The fraction of sp³-hybridized carbons (Fsp3) is 1.00. The quantitative estimate of drug-likeness (QED) is 0.497. The average molecular weight is 218 g/mol. The Morgan fingerprint density at radius 2 is 1.00 bits per heavy atom. The largest absolute Gasteiger partial charge is 0.870 e. The minimum atomic E-state index is 0. The summed E-state index contributed by atoms with van der Waals surface area (Å²) in [5.41, 5.74) is 0. The summed E-state index contributed by atoms with van der Waals surface area (Å²) in [5.74, 6) is 4.42. The van der Waals surface area contributed by atoms with Gasteiger partial charge >= 0.3 is 0 Å². The molecule has 0 amide bonds. The van der Waals surface area contributed by atoms with Gasteiger partial charge in [-0.3, -0.25) is 0 Å². The molecule has 0 aromatic carbocycles. The van der Waals surface area contributed by atoms with Gasteiger partial charge in [-0.15, -0.1) is 0 Å². The predicted octanol–water partition coefficient (Wildman–Crippen LogP) is 2.28. The van der Waals surface area contributed by atoms with Gasteiger partial charge in [0.15, 0.2) is 0 Å². The van der Waals surface area contributed by atoms with Gasteiger partial charge in [0.05, 0.1) is 0 Å². The first kappa shape index (κ1) is 19.2. The molecule has 0 saturated carbocycles. The van der Waals surface area contributed by atoms with Gasteiger partial charge in [0.25, 0.3) is 0 Å². The molecular formula is C9H22CaOS. The third kappa shape index (κ3) is 11.6. The van der Waals surface area contributed by atoms with Crippen molar-refractivity contribution in [1.29, 1.82) is 0 Å². The van der Waals surface area contributed by atoms with E-state index in [-0.39, 0.29) is 43.2 Å². The van der Waals surface area contributed by atoms with Crippen molar-refractivity contribution in [1.82, 2.24) is 0 Å². The molecule has 0 fully saturated rings. The van der Waals surface area contributed by atoms with E-state index < -0.39 is 0 Å². The zero-order chi connectivity index (χ0) is 7.82. The van der Waals surface area contributed by atoms with Crippen LogP contribution >= 0.6 is 0 Å². The van der Waals surface area contributed by atoms with E-state index in [0.29, 0.717) is 0 Å². The second-order valence-electron chi connectivity index (χ2n) is 2.72. The van der Waals surface area contributed by atoms with E-state index in [1.165, 1.54) is 36.5 Å². The van der Waals surface area contributed by atoms with Gasteiger partial charge in [0.2, 0.25) is 0 Å². The van der Waals surface area contributed by atoms with E-state index in [1.807, 2.05) is 0 Å². The van der Waals surface area contributed by atoms with E-state index >= 15 is 0 Å². The van der Waals surface area contributed by atoms with Gasteiger partial charge in [-0.05, 0) is 30.2 Å². The maximum Gasteiger partial charge on any atom is 0.107 e. The van der Waals surface area contributed by atoms with Crippen LogP contribution in [0.3, 0.4) is 0 Å². The molecule has 0 aromatic heterocycles. The summed E-state index contributed by atoms with van der Waals surface area (Å²) < 4.78 is 0. The molecule has 1 N–H and O–H groups in total. The van der Waals surface area contributed by atoms with Crippen LogP contribution in [-0.4, -0.2) is 60.5 Å². The van der Waals surface area contributed by atoms with Gasteiger partial charge in [-0.25, -0.2) is 0 Å². The Labute approximate surface area is 110 Å². The molecule has 0 aliphatic heterocycles. The summed E-state index contributed by atoms with van der Waals surface area (Å²) in [4.78, 5) is 0. The van der Waals surface area contributed by atoms with E-state index in [9.17, 15) is 0 Å². The average Bonchev–Trinajstić information content (AvgIpc) is 1.90. The summed E-state index contributed by atoms with van der Waals surface area (Å²) in [6.45, 7) is 6.89. The van der Waals surface area contributed by atoms with Gasteiger partial charge in [-0.2, -0.15) is 0 Å². The Kier molecular flexibility index (Phi) is 24.1. The first-order chi connectivity index (χ1) is 4.85. The van der Waals surface area contributed by atoms with Crippen molar-refractivity contribution in [2.45, 2.75) is 40.0 Å². The van der Waals surface area contributed by atoms with Crippen molar-refractivity contribution in [3.8, 4) is 0 Å². The van der Waals surface area contributed by atoms with Gasteiger partial charge < -0.3 is 5.48 Å². The van der Waals surface area contributed by atoms with Crippen LogP contribution in [0.5, 0.6) is 0 Å². The Balaban J connectivity index is -0.000000405. The first-order valence-electron chi connectivity index (χ1n) is 4.49.